The molecule has 0 aromatic heterocycles. The molecule has 3 heterocycles. The Bertz CT molecular complexity index is 550. The van der Waals surface area contributed by atoms with Crippen LogP contribution in [0.15, 0.2) is 0 Å². The van der Waals surface area contributed by atoms with Crippen LogP contribution in [0.2, 0.25) is 0 Å². The first-order valence-electron chi connectivity index (χ1n) is 11.3. The summed E-state index contributed by atoms with van der Waals surface area (Å²) in [6.45, 7) is 1.09. The minimum absolute atomic E-state index is 0.0246. The van der Waals surface area contributed by atoms with Crippen molar-refractivity contribution in [1.29, 1.82) is 0 Å². The molecule has 6 aliphatic rings. The average Bonchev–Trinajstić information content (AvgIpc) is 3.49. The molecular weight excluding hydrogens is 360 g/mol. The molecule has 6 nitrogen and oxygen atoms in total. The van der Waals surface area contributed by atoms with E-state index in [9.17, 15) is 9.59 Å². The fourth-order valence-electron chi connectivity index (χ4n) is 5.60. The van der Waals surface area contributed by atoms with Crippen LogP contribution in [-0.2, 0) is 28.5 Å². The van der Waals surface area contributed by atoms with Gasteiger partial charge in [-0.2, -0.15) is 0 Å². The van der Waals surface area contributed by atoms with Crippen LogP contribution in [0, 0.1) is 23.7 Å². The first-order valence-corrected chi connectivity index (χ1v) is 11.3. The Morgan fingerprint density at radius 3 is 1.79 bits per heavy atom. The van der Waals surface area contributed by atoms with Gasteiger partial charge in [0.05, 0.1) is 49.5 Å². The number of esters is 2. The number of hydrogen-bond acceptors (Lipinski definition) is 6. The van der Waals surface area contributed by atoms with Crippen molar-refractivity contribution < 1.29 is 28.5 Å². The van der Waals surface area contributed by atoms with E-state index in [2.05, 4.69) is 0 Å². The molecule has 2 bridgehead atoms. The number of ether oxygens (including phenoxy) is 4. The van der Waals surface area contributed by atoms with Crippen molar-refractivity contribution in [3.8, 4) is 0 Å². The molecule has 3 aliphatic heterocycles. The van der Waals surface area contributed by atoms with E-state index in [1.165, 1.54) is 0 Å². The van der Waals surface area contributed by atoms with Crippen LogP contribution in [0.25, 0.3) is 0 Å². The van der Waals surface area contributed by atoms with Crippen LogP contribution in [0.1, 0.15) is 64.2 Å². The SMILES string of the molecule is O=C(OCC1CCC(COC(=O)C2CCC3OC3C2)CC1)C1CC2CC(C1)O2. The zero-order valence-electron chi connectivity index (χ0n) is 16.6. The molecule has 0 amide bonds. The summed E-state index contributed by atoms with van der Waals surface area (Å²) in [7, 11) is 0. The second-order valence-electron chi connectivity index (χ2n) is 9.65. The van der Waals surface area contributed by atoms with Crippen molar-refractivity contribution in [1.82, 2.24) is 0 Å². The summed E-state index contributed by atoms with van der Waals surface area (Å²) in [5.74, 6) is 0.933. The maximum Gasteiger partial charge on any atom is 0.309 e. The third-order valence-corrected chi connectivity index (χ3v) is 7.57. The molecule has 3 saturated carbocycles. The van der Waals surface area contributed by atoms with E-state index in [0.29, 0.717) is 49.5 Å². The fourth-order valence-corrected chi connectivity index (χ4v) is 5.60. The topological polar surface area (TPSA) is 74.4 Å². The molecule has 6 fully saturated rings. The normalized spacial score (nSPS) is 44.0. The van der Waals surface area contributed by atoms with Gasteiger partial charge in [0.1, 0.15) is 0 Å². The molecule has 3 saturated heterocycles. The van der Waals surface area contributed by atoms with Crippen molar-refractivity contribution in [3.63, 3.8) is 0 Å². The minimum Gasteiger partial charge on any atom is -0.465 e. The van der Waals surface area contributed by atoms with Crippen LogP contribution in [0.5, 0.6) is 0 Å². The van der Waals surface area contributed by atoms with Gasteiger partial charge in [-0.1, -0.05) is 0 Å². The van der Waals surface area contributed by atoms with Crippen LogP contribution < -0.4 is 0 Å². The summed E-state index contributed by atoms with van der Waals surface area (Å²) >= 11 is 0. The Labute approximate surface area is 166 Å². The van der Waals surface area contributed by atoms with Crippen molar-refractivity contribution in [2.45, 2.75) is 88.6 Å². The van der Waals surface area contributed by atoms with Gasteiger partial charge >= 0.3 is 11.9 Å². The molecule has 0 N–H and O–H groups in total. The van der Waals surface area contributed by atoms with Crippen molar-refractivity contribution in [3.05, 3.63) is 0 Å². The van der Waals surface area contributed by atoms with Crippen molar-refractivity contribution >= 4 is 11.9 Å². The third-order valence-electron chi connectivity index (χ3n) is 7.57. The zero-order chi connectivity index (χ0) is 19.1. The first-order chi connectivity index (χ1) is 13.6. The molecule has 0 radical (unpaired) electrons. The molecule has 0 spiro atoms. The zero-order valence-corrected chi connectivity index (χ0v) is 16.6. The van der Waals surface area contributed by atoms with E-state index in [1.807, 2.05) is 0 Å². The van der Waals surface area contributed by atoms with Gasteiger partial charge < -0.3 is 18.9 Å². The molecular formula is C22H32O6. The van der Waals surface area contributed by atoms with Crippen molar-refractivity contribution in [2.75, 3.05) is 13.2 Å². The van der Waals surface area contributed by atoms with Gasteiger partial charge in [-0.05, 0) is 76.0 Å². The predicted molar refractivity (Wildman–Crippen MR) is 99.4 cm³/mol. The molecule has 0 aromatic carbocycles. The molecule has 5 unspecified atom stereocenters. The number of fused-ring (bicyclic) bond motifs is 3. The lowest BCUT2D eigenvalue weighted by atomic mass is 9.80. The Balaban J connectivity index is 0.962. The highest BCUT2D eigenvalue weighted by molar-refractivity contribution is 5.73. The maximum absolute atomic E-state index is 12.3. The van der Waals surface area contributed by atoms with Crippen molar-refractivity contribution in [2.24, 2.45) is 23.7 Å². The number of rotatable bonds is 6. The number of hydrogen-bond donors (Lipinski definition) is 0. The summed E-state index contributed by atoms with van der Waals surface area (Å²) in [6.07, 6.45) is 11.1. The van der Waals surface area contributed by atoms with Crippen LogP contribution in [-0.4, -0.2) is 49.6 Å². The monoisotopic (exact) mass is 392 g/mol. The summed E-state index contributed by atoms with van der Waals surface area (Å²) < 4.78 is 22.3. The Morgan fingerprint density at radius 1 is 0.643 bits per heavy atom. The molecule has 3 aliphatic carbocycles. The second-order valence-corrected chi connectivity index (χ2v) is 9.65. The average molecular weight is 392 g/mol. The predicted octanol–water partition coefficient (Wildman–Crippen LogP) is 3.01. The van der Waals surface area contributed by atoms with Gasteiger partial charge in [-0.3, -0.25) is 9.59 Å². The molecule has 5 atom stereocenters. The fraction of sp³-hybridized carbons (Fsp3) is 0.909. The molecule has 0 aromatic rings. The smallest absolute Gasteiger partial charge is 0.309 e. The number of carbonyl (C=O) groups excluding carboxylic acids is 2. The molecule has 28 heavy (non-hydrogen) atoms. The van der Waals surface area contributed by atoms with Gasteiger partial charge in [-0.25, -0.2) is 0 Å². The largest absolute Gasteiger partial charge is 0.465 e. The number of epoxide rings is 1. The van der Waals surface area contributed by atoms with E-state index in [0.717, 1.165) is 64.2 Å². The van der Waals surface area contributed by atoms with Gasteiger partial charge in [0, 0.05) is 0 Å². The van der Waals surface area contributed by atoms with E-state index >= 15 is 0 Å². The minimum atomic E-state index is -0.0282. The maximum atomic E-state index is 12.3. The van der Waals surface area contributed by atoms with E-state index in [4.69, 9.17) is 18.9 Å². The van der Waals surface area contributed by atoms with Gasteiger partial charge in [-0.15, -0.1) is 0 Å². The second kappa shape index (κ2) is 7.94. The lowest BCUT2D eigenvalue weighted by Gasteiger charge is -2.44. The van der Waals surface area contributed by atoms with E-state index < -0.39 is 0 Å². The standard InChI is InChI=1S/C22H32O6/c23-21(15-5-6-19-20(9-15)28-19)25-11-13-1-3-14(4-2-13)12-26-22(24)16-7-17-10-18(8-16)27-17/h13-20H,1-12H2. The highest BCUT2D eigenvalue weighted by atomic mass is 16.6. The summed E-state index contributed by atoms with van der Waals surface area (Å²) in [6, 6.07) is 0. The summed E-state index contributed by atoms with van der Waals surface area (Å²) in [5.41, 5.74) is 0. The van der Waals surface area contributed by atoms with Crippen LogP contribution in [0.4, 0.5) is 0 Å². The van der Waals surface area contributed by atoms with Gasteiger partial charge in [0.25, 0.3) is 0 Å². The quantitative estimate of drug-likeness (QED) is 0.511. The lowest BCUT2D eigenvalue weighted by molar-refractivity contribution is -0.189. The lowest BCUT2D eigenvalue weighted by Crippen LogP contribution is -2.47. The summed E-state index contributed by atoms with van der Waals surface area (Å²) in [5, 5.41) is 0. The molecule has 6 heteroatoms. The van der Waals surface area contributed by atoms with Gasteiger partial charge in [0.15, 0.2) is 0 Å². The highest BCUT2D eigenvalue weighted by Gasteiger charge is 2.46. The molecule has 156 valence electrons. The number of carbonyl (C=O) groups is 2. The Morgan fingerprint density at radius 2 is 1.21 bits per heavy atom. The van der Waals surface area contributed by atoms with Crippen LogP contribution in [0.3, 0.4) is 0 Å². The third kappa shape index (κ3) is 4.23. The molecule has 6 rings (SSSR count). The Hall–Kier alpha value is -1.14. The Kier molecular flexibility index (Phi) is 5.35. The van der Waals surface area contributed by atoms with Crippen LogP contribution >= 0.6 is 0 Å². The highest BCUT2D eigenvalue weighted by Crippen LogP contribution is 2.40. The first kappa shape index (κ1) is 18.9. The van der Waals surface area contributed by atoms with Gasteiger partial charge in [0.2, 0.25) is 0 Å². The van der Waals surface area contributed by atoms with E-state index in [1.54, 1.807) is 0 Å². The van der Waals surface area contributed by atoms with E-state index in [-0.39, 0.29) is 23.8 Å². The summed E-state index contributed by atoms with van der Waals surface area (Å²) in [4.78, 5) is 24.6.